The quantitative estimate of drug-likeness (QED) is 0.609. The van der Waals surface area contributed by atoms with E-state index in [-0.39, 0.29) is 29.1 Å². The van der Waals surface area contributed by atoms with Gasteiger partial charge in [0.1, 0.15) is 29.0 Å². The first-order chi connectivity index (χ1) is 16.8. The van der Waals surface area contributed by atoms with Crippen molar-refractivity contribution in [3.63, 3.8) is 0 Å². The molecule has 192 valence electrons. The third-order valence-electron chi connectivity index (χ3n) is 6.72. The Balaban J connectivity index is 1.48. The van der Waals surface area contributed by atoms with Crippen molar-refractivity contribution in [3.05, 3.63) is 35.5 Å². The fraction of sp³-hybridized carbons (Fsp3) is 0.556. The normalized spacial score (nSPS) is 20.8. The molecule has 0 aromatic carbocycles. The number of ether oxygens (including phenoxy) is 1. The minimum atomic E-state index is -0.592. The van der Waals surface area contributed by atoms with Gasteiger partial charge in [-0.25, -0.2) is 14.2 Å². The number of rotatable bonds is 4. The van der Waals surface area contributed by atoms with Crippen molar-refractivity contribution in [1.82, 2.24) is 14.9 Å². The number of nitrogens with one attached hydrogen (secondary N) is 2. The lowest BCUT2D eigenvalue weighted by Crippen LogP contribution is -2.43. The summed E-state index contributed by atoms with van der Waals surface area (Å²) in [5, 5.41) is 15.3. The second-order valence-corrected chi connectivity index (χ2v) is 11.7. The zero-order valence-corrected chi connectivity index (χ0v) is 21.6. The number of pyridine rings is 1. The van der Waals surface area contributed by atoms with Gasteiger partial charge in [-0.05, 0) is 64.0 Å². The zero-order chi connectivity index (χ0) is 26.3. The molecule has 2 aromatic heterocycles. The van der Waals surface area contributed by atoms with Gasteiger partial charge in [0, 0.05) is 35.3 Å². The highest BCUT2D eigenvalue weighted by Crippen LogP contribution is 2.40. The van der Waals surface area contributed by atoms with E-state index in [0.717, 1.165) is 31.2 Å². The molecule has 2 atom stereocenters. The average Bonchev–Trinajstić information content (AvgIpc) is 3.26. The van der Waals surface area contributed by atoms with Gasteiger partial charge >= 0.3 is 6.09 Å². The molecule has 8 nitrogen and oxygen atoms in total. The maximum Gasteiger partial charge on any atom is 0.407 e. The maximum absolute atomic E-state index is 14.9. The summed E-state index contributed by atoms with van der Waals surface area (Å²) in [6.45, 7) is 10.3. The highest BCUT2D eigenvalue weighted by molar-refractivity contribution is 5.92. The second-order valence-electron chi connectivity index (χ2n) is 11.7. The van der Waals surface area contributed by atoms with Crippen LogP contribution in [-0.4, -0.2) is 33.2 Å². The van der Waals surface area contributed by atoms with E-state index in [9.17, 15) is 19.2 Å². The number of fused-ring (bicyclic) bond motifs is 1. The van der Waals surface area contributed by atoms with Crippen LogP contribution in [-0.2, 0) is 22.5 Å². The summed E-state index contributed by atoms with van der Waals surface area (Å²) in [5.74, 6) is -0.764. The minimum absolute atomic E-state index is 0.0254. The molecule has 2 N–H and O–H groups in total. The first kappa shape index (κ1) is 25.7. The molecule has 2 aliphatic rings. The molecule has 1 saturated carbocycles. The Labute approximate surface area is 211 Å². The molecular weight excluding hydrogens is 461 g/mol. The molecule has 2 amide bonds. The zero-order valence-electron chi connectivity index (χ0n) is 21.6. The third kappa shape index (κ3) is 5.69. The van der Waals surface area contributed by atoms with Crippen molar-refractivity contribution >= 4 is 17.8 Å². The summed E-state index contributed by atoms with van der Waals surface area (Å²) in [5.41, 5.74) is 1.78. The predicted molar refractivity (Wildman–Crippen MR) is 134 cm³/mol. The van der Waals surface area contributed by atoms with Gasteiger partial charge < -0.3 is 19.9 Å². The average molecular weight is 496 g/mol. The predicted octanol–water partition coefficient (Wildman–Crippen LogP) is 5.17. The van der Waals surface area contributed by atoms with Gasteiger partial charge in [-0.2, -0.15) is 5.26 Å². The van der Waals surface area contributed by atoms with Crippen LogP contribution >= 0.6 is 0 Å². The third-order valence-corrected chi connectivity index (χ3v) is 6.72. The number of nitriles is 1. The number of amides is 2. The van der Waals surface area contributed by atoms with E-state index in [0.29, 0.717) is 36.2 Å². The van der Waals surface area contributed by atoms with Crippen molar-refractivity contribution in [1.29, 1.82) is 5.26 Å². The highest BCUT2D eigenvalue weighted by atomic mass is 19.1. The molecule has 1 fully saturated rings. The van der Waals surface area contributed by atoms with Crippen LogP contribution in [0.2, 0.25) is 0 Å². The largest absolute Gasteiger partial charge is 0.444 e. The second kappa shape index (κ2) is 9.57. The highest BCUT2D eigenvalue weighted by Gasteiger charge is 2.34. The van der Waals surface area contributed by atoms with Gasteiger partial charge in [0.25, 0.3) is 0 Å². The molecule has 9 heteroatoms. The Hall–Kier alpha value is -3.41. The Kier molecular flexibility index (Phi) is 6.82. The summed E-state index contributed by atoms with van der Waals surface area (Å²) in [6.07, 6.45) is 4.10. The van der Waals surface area contributed by atoms with Gasteiger partial charge in [0.05, 0.1) is 6.20 Å². The lowest BCUT2D eigenvalue weighted by Gasteiger charge is -2.30. The maximum atomic E-state index is 14.9. The van der Waals surface area contributed by atoms with Crippen molar-refractivity contribution in [2.45, 2.75) is 84.9 Å². The lowest BCUT2D eigenvalue weighted by atomic mass is 9.85. The Bertz CT molecular complexity index is 1220. The number of hydrogen-bond acceptors (Lipinski definition) is 5. The van der Waals surface area contributed by atoms with Gasteiger partial charge in [-0.1, -0.05) is 20.3 Å². The number of carbonyl (C=O) groups is 2. The van der Waals surface area contributed by atoms with E-state index < -0.39 is 17.5 Å². The molecule has 1 aliphatic carbocycles. The van der Waals surface area contributed by atoms with Gasteiger partial charge in [0.2, 0.25) is 5.91 Å². The summed E-state index contributed by atoms with van der Waals surface area (Å²) in [7, 11) is 0. The lowest BCUT2D eigenvalue weighted by molar-refractivity contribution is -0.121. The Morgan fingerprint density at radius 3 is 2.69 bits per heavy atom. The van der Waals surface area contributed by atoms with Gasteiger partial charge in [-0.15, -0.1) is 0 Å². The molecular formula is C27H34FN5O3. The van der Waals surface area contributed by atoms with Crippen LogP contribution in [0.25, 0.3) is 11.1 Å². The standard InChI is InChI=1S/C27H34FN5O3/c1-26(2,3)36-25(35)31-17-8-6-7-16(9-17)24(34)32-23-11-19(21(28)14-30-23)20-10-18(13-29)33-15-27(4,5)12-22(20)33/h10-11,14,16-17H,6-9,12,15H2,1-5H3,(H,31,35)(H,30,32,34)/t16-,17+/m0/s1. The Morgan fingerprint density at radius 2 is 2.00 bits per heavy atom. The van der Waals surface area contributed by atoms with Crippen LogP contribution in [0.1, 0.15) is 71.7 Å². The van der Waals surface area contributed by atoms with E-state index in [1.807, 2.05) is 4.57 Å². The molecule has 4 rings (SSSR count). The number of carbonyl (C=O) groups excluding carboxylic acids is 2. The monoisotopic (exact) mass is 495 g/mol. The smallest absolute Gasteiger partial charge is 0.407 e. The number of aromatic nitrogens is 2. The van der Waals surface area contributed by atoms with Crippen LogP contribution in [0.5, 0.6) is 0 Å². The molecule has 0 saturated heterocycles. The summed E-state index contributed by atoms with van der Waals surface area (Å²) in [6, 6.07) is 5.30. The SMILES string of the molecule is CC1(C)Cc2c(-c3cc(NC(=O)[C@H]4CCC[C@@H](NC(=O)OC(C)(C)C)C4)ncc3F)cc(C#N)n2C1. The van der Waals surface area contributed by atoms with E-state index in [4.69, 9.17) is 4.74 Å². The first-order valence-electron chi connectivity index (χ1n) is 12.4. The molecule has 3 heterocycles. The fourth-order valence-corrected chi connectivity index (χ4v) is 5.20. The van der Waals surface area contributed by atoms with Crippen molar-refractivity contribution < 1.29 is 18.7 Å². The number of halogens is 1. The molecule has 1 aliphatic heterocycles. The van der Waals surface area contributed by atoms with Crippen LogP contribution in [0.3, 0.4) is 0 Å². The fourth-order valence-electron chi connectivity index (χ4n) is 5.20. The van der Waals surface area contributed by atoms with Crippen molar-refractivity contribution in [2.75, 3.05) is 5.32 Å². The minimum Gasteiger partial charge on any atom is -0.444 e. The topological polar surface area (TPSA) is 109 Å². The van der Waals surface area contributed by atoms with Crippen molar-refractivity contribution in [2.24, 2.45) is 11.3 Å². The van der Waals surface area contributed by atoms with Crippen LogP contribution in [0.4, 0.5) is 15.0 Å². The molecule has 0 spiro atoms. The van der Waals surface area contributed by atoms with Crippen LogP contribution in [0.15, 0.2) is 18.3 Å². The van der Waals surface area contributed by atoms with Gasteiger partial charge in [0.15, 0.2) is 0 Å². The van der Waals surface area contributed by atoms with E-state index in [2.05, 4.69) is 35.5 Å². The van der Waals surface area contributed by atoms with Crippen LogP contribution in [0, 0.1) is 28.5 Å². The molecule has 0 unspecified atom stereocenters. The first-order valence-corrected chi connectivity index (χ1v) is 12.4. The van der Waals surface area contributed by atoms with E-state index >= 15 is 0 Å². The van der Waals surface area contributed by atoms with Crippen LogP contribution < -0.4 is 10.6 Å². The number of nitrogens with zero attached hydrogens (tertiary/aromatic N) is 3. The van der Waals surface area contributed by atoms with E-state index in [1.54, 1.807) is 26.8 Å². The number of anilines is 1. The molecule has 0 bridgehead atoms. The summed E-state index contributed by atoms with van der Waals surface area (Å²) < 4.78 is 22.2. The Morgan fingerprint density at radius 1 is 1.25 bits per heavy atom. The molecule has 2 aromatic rings. The molecule has 0 radical (unpaired) electrons. The van der Waals surface area contributed by atoms with Crippen molar-refractivity contribution in [3.8, 4) is 17.2 Å². The summed E-state index contributed by atoms with van der Waals surface area (Å²) in [4.78, 5) is 29.3. The van der Waals surface area contributed by atoms with E-state index in [1.165, 1.54) is 6.07 Å². The number of alkyl carbamates (subject to hydrolysis) is 1. The van der Waals surface area contributed by atoms with Gasteiger partial charge in [-0.3, -0.25) is 4.79 Å². The molecule has 36 heavy (non-hydrogen) atoms. The number of hydrogen-bond donors (Lipinski definition) is 2. The summed E-state index contributed by atoms with van der Waals surface area (Å²) >= 11 is 0.